The van der Waals surface area contributed by atoms with Gasteiger partial charge in [0, 0.05) is 11.6 Å². The SMILES string of the molecule is CC[NH+](Cc1ccc(OC)c(F)c1)[C@H](C)C(=O)NC(C)C. The molecule has 0 aromatic heterocycles. The molecule has 1 aromatic rings. The Kier molecular flexibility index (Phi) is 6.62. The van der Waals surface area contributed by atoms with Crippen LogP contribution in [0.25, 0.3) is 0 Å². The molecule has 0 heterocycles. The molecular weight excluding hydrogens is 271 g/mol. The summed E-state index contributed by atoms with van der Waals surface area (Å²) in [6.07, 6.45) is 0. The number of carbonyl (C=O) groups is 1. The first-order valence-corrected chi connectivity index (χ1v) is 7.36. The number of amides is 1. The zero-order valence-electron chi connectivity index (χ0n) is 13.5. The predicted molar refractivity (Wildman–Crippen MR) is 80.9 cm³/mol. The minimum absolute atomic E-state index is 0.0239. The van der Waals surface area contributed by atoms with Crippen LogP contribution in [0.3, 0.4) is 0 Å². The molecule has 1 unspecified atom stereocenters. The van der Waals surface area contributed by atoms with Crippen molar-refractivity contribution in [3.05, 3.63) is 29.6 Å². The van der Waals surface area contributed by atoms with Crippen molar-refractivity contribution in [1.82, 2.24) is 5.32 Å². The van der Waals surface area contributed by atoms with E-state index in [1.165, 1.54) is 13.2 Å². The topological polar surface area (TPSA) is 42.8 Å². The van der Waals surface area contributed by atoms with Gasteiger partial charge in [-0.2, -0.15) is 0 Å². The van der Waals surface area contributed by atoms with Crippen molar-refractivity contribution in [2.75, 3.05) is 13.7 Å². The summed E-state index contributed by atoms with van der Waals surface area (Å²) in [6.45, 7) is 9.19. The van der Waals surface area contributed by atoms with E-state index in [1.807, 2.05) is 33.8 Å². The summed E-state index contributed by atoms with van der Waals surface area (Å²) in [6, 6.07) is 4.88. The molecule has 0 saturated carbocycles. The van der Waals surface area contributed by atoms with Crippen LogP contribution in [-0.4, -0.2) is 31.6 Å². The molecule has 2 N–H and O–H groups in total. The summed E-state index contributed by atoms with van der Waals surface area (Å²) in [5.74, 6) is -0.108. The highest BCUT2D eigenvalue weighted by atomic mass is 19.1. The molecule has 4 nitrogen and oxygen atoms in total. The van der Waals surface area contributed by atoms with E-state index in [2.05, 4.69) is 5.32 Å². The molecule has 1 rings (SSSR count). The Morgan fingerprint density at radius 3 is 2.52 bits per heavy atom. The molecule has 0 radical (unpaired) electrons. The number of methoxy groups -OCH3 is 1. The van der Waals surface area contributed by atoms with Gasteiger partial charge in [-0.1, -0.05) is 0 Å². The number of quaternary nitrogens is 1. The van der Waals surface area contributed by atoms with Gasteiger partial charge in [0.05, 0.1) is 13.7 Å². The number of rotatable bonds is 7. The van der Waals surface area contributed by atoms with Crippen LogP contribution in [0.4, 0.5) is 4.39 Å². The van der Waals surface area contributed by atoms with Gasteiger partial charge in [0.1, 0.15) is 6.54 Å². The van der Waals surface area contributed by atoms with E-state index in [9.17, 15) is 9.18 Å². The van der Waals surface area contributed by atoms with E-state index in [1.54, 1.807) is 6.07 Å². The second-order valence-corrected chi connectivity index (χ2v) is 5.54. The van der Waals surface area contributed by atoms with Crippen molar-refractivity contribution >= 4 is 5.91 Å². The zero-order chi connectivity index (χ0) is 16.0. The van der Waals surface area contributed by atoms with E-state index in [4.69, 9.17) is 4.74 Å². The molecule has 0 spiro atoms. The number of hydrogen-bond donors (Lipinski definition) is 2. The lowest BCUT2D eigenvalue weighted by molar-refractivity contribution is -0.926. The van der Waals surface area contributed by atoms with Crippen LogP contribution >= 0.6 is 0 Å². The molecule has 0 aliphatic heterocycles. The molecular formula is C16H26FN2O2+. The van der Waals surface area contributed by atoms with Crippen LogP contribution < -0.4 is 15.0 Å². The summed E-state index contributed by atoms with van der Waals surface area (Å²) in [4.78, 5) is 13.2. The van der Waals surface area contributed by atoms with Crippen LogP contribution in [0.2, 0.25) is 0 Å². The molecule has 0 aliphatic carbocycles. The Labute approximate surface area is 126 Å². The van der Waals surface area contributed by atoms with E-state index >= 15 is 0 Å². The fourth-order valence-corrected chi connectivity index (χ4v) is 2.26. The van der Waals surface area contributed by atoms with Crippen molar-refractivity contribution in [3.63, 3.8) is 0 Å². The fraction of sp³-hybridized carbons (Fsp3) is 0.562. The molecule has 21 heavy (non-hydrogen) atoms. The monoisotopic (exact) mass is 297 g/mol. The lowest BCUT2D eigenvalue weighted by atomic mass is 10.1. The third-order valence-corrected chi connectivity index (χ3v) is 3.54. The van der Waals surface area contributed by atoms with Crippen LogP contribution in [0, 0.1) is 5.82 Å². The minimum Gasteiger partial charge on any atom is -0.494 e. The van der Waals surface area contributed by atoms with Gasteiger partial charge in [0.2, 0.25) is 0 Å². The molecule has 5 heteroatoms. The van der Waals surface area contributed by atoms with E-state index < -0.39 is 0 Å². The smallest absolute Gasteiger partial charge is 0.278 e. The Morgan fingerprint density at radius 1 is 1.38 bits per heavy atom. The summed E-state index contributed by atoms with van der Waals surface area (Å²) >= 11 is 0. The van der Waals surface area contributed by atoms with Gasteiger partial charge < -0.3 is 15.0 Å². The number of carbonyl (C=O) groups excluding carboxylic acids is 1. The molecule has 1 aromatic carbocycles. The van der Waals surface area contributed by atoms with Crippen molar-refractivity contribution in [3.8, 4) is 5.75 Å². The van der Waals surface area contributed by atoms with Gasteiger partial charge in [-0.3, -0.25) is 4.79 Å². The summed E-state index contributed by atoms with van der Waals surface area (Å²) in [7, 11) is 1.44. The molecule has 118 valence electrons. The fourth-order valence-electron chi connectivity index (χ4n) is 2.26. The number of ether oxygens (including phenoxy) is 1. The maximum Gasteiger partial charge on any atom is 0.278 e. The standard InChI is InChI=1S/C16H25FN2O2/c1-6-19(12(4)16(20)18-11(2)3)10-13-7-8-15(21-5)14(17)9-13/h7-9,11-12H,6,10H2,1-5H3,(H,18,20)/p+1/t12-/m1/s1. The van der Waals surface area contributed by atoms with Gasteiger partial charge in [-0.15, -0.1) is 0 Å². The lowest BCUT2D eigenvalue weighted by Gasteiger charge is -2.25. The van der Waals surface area contributed by atoms with Crippen LogP contribution in [0.5, 0.6) is 5.75 Å². The summed E-state index contributed by atoms with van der Waals surface area (Å²) < 4.78 is 18.6. The van der Waals surface area contributed by atoms with Crippen molar-refractivity contribution in [1.29, 1.82) is 0 Å². The van der Waals surface area contributed by atoms with E-state index in [0.717, 1.165) is 17.0 Å². The third-order valence-electron chi connectivity index (χ3n) is 3.54. The first-order valence-electron chi connectivity index (χ1n) is 7.36. The molecule has 2 atom stereocenters. The van der Waals surface area contributed by atoms with Gasteiger partial charge in [0.25, 0.3) is 5.91 Å². The Balaban J connectivity index is 2.77. The van der Waals surface area contributed by atoms with Crippen molar-refractivity contribution < 1.29 is 18.8 Å². The van der Waals surface area contributed by atoms with Gasteiger partial charge in [-0.25, -0.2) is 4.39 Å². The van der Waals surface area contributed by atoms with Crippen molar-refractivity contribution in [2.45, 2.75) is 46.3 Å². The molecule has 0 aliphatic rings. The minimum atomic E-state index is -0.371. The first-order chi connectivity index (χ1) is 9.88. The highest BCUT2D eigenvalue weighted by molar-refractivity contribution is 5.80. The van der Waals surface area contributed by atoms with Gasteiger partial charge in [-0.05, 0) is 45.9 Å². The Bertz CT molecular complexity index is 477. The van der Waals surface area contributed by atoms with Gasteiger partial charge >= 0.3 is 0 Å². The average molecular weight is 297 g/mol. The molecule has 0 fully saturated rings. The van der Waals surface area contributed by atoms with E-state index in [0.29, 0.717) is 6.54 Å². The van der Waals surface area contributed by atoms with E-state index in [-0.39, 0.29) is 29.6 Å². The highest BCUT2D eigenvalue weighted by Gasteiger charge is 2.24. The number of hydrogen-bond acceptors (Lipinski definition) is 2. The van der Waals surface area contributed by atoms with Crippen LogP contribution in [0.1, 0.15) is 33.3 Å². The Morgan fingerprint density at radius 2 is 2.05 bits per heavy atom. The highest BCUT2D eigenvalue weighted by Crippen LogP contribution is 2.17. The van der Waals surface area contributed by atoms with Gasteiger partial charge in [0.15, 0.2) is 17.6 Å². The summed E-state index contributed by atoms with van der Waals surface area (Å²) in [5, 5.41) is 2.92. The van der Waals surface area contributed by atoms with Crippen LogP contribution in [-0.2, 0) is 11.3 Å². The number of benzene rings is 1. The largest absolute Gasteiger partial charge is 0.494 e. The zero-order valence-corrected chi connectivity index (χ0v) is 13.5. The second-order valence-electron chi connectivity index (χ2n) is 5.54. The number of likely N-dealkylation sites (N-methyl/N-ethyl adjacent to an activating group) is 1. The molecule has 0 saturated heterocycles. The normalized spacial score (nSPS) is 13.9. The lowest BCUT2D eigenvalue weighted by Crippen LogP contribution is -3.15. The first kappa shape index (κ1) is 17.4. The maximum absolute atomic E-state index is 13.7. The second kappa shape index (κ2) is 7.98. The van der Waals surface area contributed by atoms with Crippen molar-refractivity contribution in [2.24, 2.45) is 0 Å². The number of halogens is 1. The van der Waals surface area contributed by atoms with Crippen LogP contribution in [0.15, 0.2) is 18.2 Å². The maximum atomic E-state index is 13.7. The quantitative estimate of drug-likeness (QED) is 0.793. The Hall–Kier alpha value is -1.62. The predicted octanol–water partition coefficient (Wildman–Crippen LogP) is 1.15. The molecule has 1 amide bonds. The number of nitrogens with one attached hydrogen (secondary N) is 2. The molecule has 0 bridgehead atoms. The third kappa shape index (κ3) is 5.01. The summed E-state index contributed by atoms with van der Waals surface area (Å²) in [5.41, 5.74) is 0.856. The average Bonchev–Trinajstić information content (AvgIpc) is 2.43.